The Bertz CT molecular complexity index is 612. The van der Waals surface area contributed by atoms with Gasteiger partial charge in [0, 0.05) is 15.6 Å². The lowest BCUT2D eigenvalue weighted by Crippen LogP contribution is -2.17. The van der Waals surface area contributed by atoms with Crippen LogP contribution in [-0.2, 0) is 0 Å². The maximum Gasteiger partial charge on any atom is 0.271 e. The van der Waals surface area contributed by atoms with Gasteiger partial charge < -0.3 is 5.11 Å². The number of rotatable bonds is 3. The number of benzene rings is 2. The van der Waals surface area contributed by atoms with Gasteiger partial charge in [-0.1, -0.05) is 34.1 Å². The van der Waals surface area contributed by atoms with E-state index in [-0.39, 0.29) is 11.7 Å². The summed E-state index contributed by atoms with van der Waals surface area (Å²) in [6.07, 6.45) is 1.46. The lowest BCUT2D eigenvalue weighted by molar-refractivity contribution is 0.0955. The minimum Gasteiger partial charge on any atom is -0.508 e. The Balaban J connectivity index is 2.04. The summed E-state index contributed by atoms with van der Waals surface area (Å²) in [5, 5.41) is 13.2. The molecule has 96 valence electrons. The van der Waals surface area contributed by atoms with E-state index in [1.165, 1.54) is 6.21 Å². The molecule has 2 N–H and O–H groups in total. The number of hydrogen-bond acceptors (Lipinski definition) is 3. The monoisotopic (exact) mass is 318 g/mol. The van der Waals surface area contributed by atoms with Crippen molar-refractivity contribution >= 4 is 28.1 Å². The molecule has 0 radical (unpaired) electrons. The minimum atomic E-state index is -0.284. The van der Waals surface area contributed by atoms with Crippen molar-refractivity contribution in [2.24, 2.45) is 5.10 Å². The number of carbonyl (C=O) groups is 1. The first kappa shape index (κ1) is 13.3. The molecule has 0 aliphatic rings. The molecule has 1 amide bonds. The number of nitrogens with zero attached hydrogens (tertiary/aromatic N) is 1. The molecule has 0 fully saturated rings. The summed E-state index contributed by atoms with van der Waals surface area (Å²) in [7, 11) is 0. The van der Waals surface area contributed by atoms with E-state index >= 15 is 0 Å². The molecule has 0 bridgehead atoms. The summed E-state index contributed by atoms with van der Waals surface area (Å²) in [6.45, 7) is 0. The van der Waals surface area contributed by atoms with Crippen LogP contribution in [0.1, 0.15) is 15.9 Å². The lowest BCUT2D eigenvalue weighted by atomic mass is 10.2. The molecule has 2 aromatic carbocycles. The smallest absolute Gasteiger partial charge is 0.271 e. The Labute approximate surface area is 118 Å². The van der Waals surface area contributed by atoms with Gasteiger partial charge in [-0.15, -0.1) is 0 Å². The average Bonchev–Trinajstić information content (AvgIpc) is 2.43. The summed E-state index contributed by atoms with van der Waals surface area (Å²) in [4.78, 5) is 11.7. The van der Waals surface area contributed by atoms with Crippen LogP contribution in [0.25, 0.3) is 0 Å². The zero-order valence-corrected chi connectivity index (χ0v) is 11.5. The quantitative estimate of drug-likeness (QED) is 0.675. The third-order valence-corrected chi connectivity index (χ3v) is 3.11. The molecule has 5 heteroatoms. The Morgan fingerprint density at radius 1 is 1.21 bits per heavy atom. The van der Waals surface area contributed by atoms with Crippen LogP contribution in [0.5, 0.6) is 5.75 Å². The van der Waals surface area contributed by atoms with E-state index in [0.717, 1.165) is 4.47 Å². The van der Waals surface area contributed by atoms with Crippen LogP contribution in [0, 0.1) is 0 Å². The van der Waals surface area contributed by atoms with Gasteiger partial charge in [-0.3, -0.25) is 4.79 Å². The molecule has 2 rings (SSSR count). The molecule has 0 aromatic heterocycles. The fourth-order valence-corrected chi connectivity index (χ4v) is 1.79. The maximum absolute atomic E-state index is 11.7. The summed E-state index contributed by atoms with van der Waals surface area (Å²) in [6, 6.07) is 13.6. The lowest BCUT2D eigenvalue weighted by Gasteiger charge is -2.00. The Morgan fingerprint density at radius 2 is 1.95 bits per heavy atom. The van der Waals surface area contributed by atoms with E-state index in [0.29, 0.717) is 11.1 Å². The van der Waals surface area contributed by atoms with Crippen molar-refractivity contribution in [1.29, 1.82) is 0 Å². The largest absolute Gasteiger partial charge is 0.508 e. The number of halogens is 1. The van der Waals surface area contributed by atoms with Gasteiger partial charge >= 0.3 is 0 Å². The van der Waals surface area contributed by atoms with Crippen LogP contribution in [0.2, 0.25) is 0 Å². The van der Waals surface area contributed by atoms with Gasteiger partial charge in [-0.2, -0.15) is 5.10 Å². The topological polar surface area (TPSA) is 61.7 Å². The number of hydrogen-bond donors (Lipinski definition) is 2. The molecule has 0 unspecified atom stereocenters. The van der Waals surface area contributed by atoms with E-state index in [1.54, 1.807) is 42.5 Å². The van der Waals surface area contributed by atoms with E-state index in [1.807, 2.05) is 6.07 Å². The maximum atomic E-state index is 11.7. The van der Waals surface area contributed by atoms with Crippen LogP contribution in [0.4, 0.5) is 0 Å². The third-order valence-electron chi connectivity index (χ3n) is 2.39. The van der Waals surface area contributed by atoms with Crippen molar-refractivity contribution in [1.82, 2.24) is 5.43 Å². The predicted octanol–water partition coefficient (Wildman–Crippen LogP) is 2.92. The molecule has 0 saturated heterocycles. The highest BCUT2D eigenvalue weighted by Gasteiger charge is 2.02. The van der Waals surface area contributed by atoms with E-state index < -0.39 is 0 Å². The summed E-state index contributed by atoms with van der Waals surface area (Å²) >= 11 is 3.33. The van der Waals surface area contributed by atoms with Gasteiger partial charge in [0.2, 0.25) is 0 Å². The molecule has 2 aromatic rings. The second-order valence-corrected chi connectivity index (χ2v) is 4.63. The molecule has 0 saturated carbocycles. The highest BCUT2D eigenvalue weighted by Crippen LogP contribution is 2.19. The fourth-order valence-electron chi connectivity index (χ4n) is 1.44. The standard InChI is InChI=1S/C14H11BrN2O2/c15-13-7-6-12(18)8-11(13)9-16-17-14(19)10-4-2-1-3-5-10/h1-9,18H,(H,17,19)/b16-9-. The molecule has 0 spiro atoms. The number of phenols is 1. The second kappa shape index (κ2) is 6.15. The van der Waals surface area contributed by atoms with Crippen molar-refractivity contribution in [3.05, 3.63) is 64.1 Å². The average molecular weight is 319 g/mol. The highest BCUT2D eigenvalue weighted by molar-refractivity contribution is 9.10. The number of hydrazone groups is 1. The Morgan fingerprint density at radius 3 is 2.68 bits per heavy atom. The number of amides is 1. The molecular weight excluding hydrogens is 308 g/mol. The molecule has 0 aliphatic heterocycles. The van der Waals surface area contributed by atoms with Crippen LogP contribution in [-0.4, -0.2) is 17.2 Å². The normalized spacial score (nSPS) is 10.6. The van der Waals surface area contributed by atoms with Gasteiger partial charge in [0.05, 0.1) is 6.21 Å². The van der Waals surface area contributed by atoms with Crippen molar-refractivity contribution in [3.63, 3.8) is 0 Å². The Kier molecular flexibility index (Phi) is 4.30. The first-order valence-electron chi connectivity index (χ1n) is 5.54. The van der Waals surface area contributed by atoms with E-state index in [4.69, 9.17) is 0 Å². The van der Waals surface area contributed by atoms with Gasteiger partial charge in [0.1, 0.15) is 5.75 Å². The van der Waals surface area contributed by atoms with Crippen molar-refractivity contribution in [3.8, 4) is 5.75 Å². The summed E-state index contributed by atoms with van der Waals surface area (Å²) in [5.41, 5.74) is 3.63. The summed E-state index contributed by atoms with van der Waals surface area (Å²) < 4.78 is 0.781. The minimum absolute atomic E-state index is 0.138. The van der Waals surface area contributed by atoms with E-state index in [9.17, 15) is 9.90 Å². The number of nitrogens with one attached hydrogen (secondary N) is 1. The first-order chi connectivity index (χ1) is 9.16. The zero-order chi connectivity index (χ0) is 13.7. The van der Waals surface area contributed by atoms with Crippen molar-refractivity contribution in [2.75, 3.05) is 0 Å². The summed E-state index contributed by atoms with van der Waals surface area (Å²) in [5.74, 6) is -0.146. The molecule has 0 atom stereocenters. The second-order valence-electron chi connectivity index (χ2n) is 3.77. The number of aromatic hydroxyl groups is 1. The number of phenolic OH excluding ortho intramolecular Hbond substituents is 1. The van der Waals surface area contributed by atoms with Gasteiger partial charge in [0.25, 0.3) is 5.91 Å². The zero-order valence-electron chi connectivity index (χ0n) is 9.88. The molecule has 0 aliphatic carbocycles. The van der Waals surface area contributed by atoms with Crippen LogP contribution < -0.4 is 5.43 Å². The van der Waals surface area contributed by atoms with Crippen LogP contribution in [0.15, 0.2) is 58.1 Å². The molecule has 19 heavy (non-hydrogen) atoms. The molecule has 0 heterocycles. The SMILES string of the molecule is O=C(N/N=C\c1cc(O)ccc1Br)c1ccccc1. The molecule has 4 nitrogen and oxygen atoms in total. The van der Waals surface area contributed by atoms with Gasteiger partial charge in [-0.05, 0) is 30.3 Å². The molecular formula is C14H11BrN2O2. The van der Waals surface area contributed by atoms with E-state index in [2.05, 4.69) is 26.5 Å². The highest BCUT2D eigenvalue weighted by atomic mass is 79.9. The van der Waals surface area contributed by atoms with Crippen molar-refractivity contribution in [2.45, 2.75) is 0 Å². The van der Waals surface area contributed by atoms with Gasteiger partial charge in [-0.25, -0.2) is 5.43 Å². The third kappa shape index (κ3) is 3.66. The van der Waals surface area contributed by atoms with Gasteiger partial charge in [0.15, 0.2) is 0 Å². The Hall–Kier alpha value is -2.14. The number of carbonyl (C=O) groups excluding carboxylic acids is 1. The fraction of sp³-hybridized carbons (Fsp3) is 0. The van der Waals surface area contributed by atoms with Crippen LogP contribution >= 0.6 is 15.9 Å². The predicted molar refractivity (Wildman–Crippen MR) is 77.3 cm³/mol. The van der Waals surface area contributed by atoms with Crippen molar-refractivity contribution < 1.29 is 9.90 Å². The van der Waals surface area contributed by atoms with Crippen LogP contribution in [0.3, 0.4) is 0 Å². The first-order valence-corrected chi connectivity index (χ1v) is 6.33.